The van der Waals surface area contributed by atoms with Crippen molar-refractivity contribution in [3.8, 4) is 0 Å². The molecule has 6 heteroatoms. The summed E-state index contributed by atoms with van der Waals surface area (Å²) in [7, 11) is 0. The number of aliphatic carboxylic acids is 1. The summed E-state index contributed by atoms with van der Waals surface area (Å²) in [5.41, 5.74) is 4.91. The summed E-state index contributed by atoms with van der Waals surface area (Å²) >= 11 is 6.03. The molecule has 1 aliphatic carbocycles. The lowest BCUT2D eigenvalue weighted by molar-refractivity contribution is -0.136. The van der Waals surface area contributed by atoms with Crippen molar-refractivity contribution >= 4 is 40.1 Å². The summed E-state index contributed by atoms with van der Waals surface area (Å²) < 4.78 is 0. The number of aromatic nitrogens is 1. The van der Waals surface area contributed by atoms with Gasteiger partial charge in [-0.3, -0.25) is 14.6 Å². The zero-order chi connectivity index (χ0) is 26.5. The number of nitrogens with zero attached hydrogens (tertiary/aromatic N) is 1. The van der Waals surface area contributed by atoms with Crippen LogP contribution in [0.3, 0.4) is 0 Å². The highest BCUT2D eigenvalue weighted by Crippen LogP contribution is 2.41. The minimum Gasteiger partial charge on any atom is -0.481 e. The summed E-state index contributed by atoms with van der Waals surface area (Å²) in [5.74, 6) is -0.317. The van der Waals surface area contributed by atoms with E-state index < -0.39 is 5.97 Å². The second kappa shape index (κ2) is 11.8. The third-order valence-corrected chi connectivity index (χ3v) is 8.00. The highest BCUT2D eigenvalue weighted by molar-refractivity contribution is 6.30. The number of carboxylic acid groups (broad SMARTS) is 1. The van der Waals surface area contributed by atoms with Gasteiger partial charge in [0.15, 0.2) is 0 Å². The van der Waals surface area contributed by atoms with Gasteiger partial charge in [0.25, 0.3) is 0 Å². The second-order valence-electron chi connectivity index (χ2n) is 10.2. The van der Waals surface area contributed by atoms with Crippen LogP contribution in [-0.2, 0) is 22.4 Å². The fourth-order valence-corrected chi connectivity index (χ4v) is 5.90. The first-order valence-corrected chi connectivity index (χ1v) is 13.5. The molecule has 4 aromatic rings. The van der Waals surface area contributed by atoms with Gasteiger partial charge in [-0.15, -0.1) is 0 Å². The Hall–Kier alpha value is -3.70. The molecule has 2 N–H and O–H groups in total. The number of fused-ring (bicyclic) bond motifs is 1. The standard InChI is InChI=1S/C32H31ClN2O3/c33-25-13-15-26(16-14-25)35-32(38)29(19-21-5-7-22(8-6-21)20-31(36)37)24-11-9-23(10-12-24)27-17-18-34-30-4-2-1-3-28(27)30/h1-8,13-18,23-24,29H,9-12,19-20H2,(H,35,38)(H,36,37)/t23?,24?,29-/m1/s1. The second-order valence-corrected chi connectivity index (χ2v) is 10.7. The third kappa shape index (κ3) is 6.22. The fourth-order valence-electron chi connectivity index (χ4n) is 5.77. The zero-order valence-electron chi connectivity index (χ0n) is 21.1. The number of pyridine rings is 1. The lowest BCUT2D eigenvalue weighted by Crippen LogP contribution is -2.33. The monoisotopic (exact) mass is 526 g/mol. The summed E-state index contributed by atoms with van der Waals surface area (Å²) in [6.07, 6.45) is 6.50. The summed E-state index contributed by atoms with van der Waals surface area (Å²) in [6.45, 7) is 0. The van der Waals surface area contributed by atoms with Crippen LogP contribution in [0.25, 0.3) is 10.9 Å². The van der Waals surface area contributed by atoms with Gasteiger partial charge < -0.3 is 10.4 Å². The molecule has 0 unspecified atom stereocenters. The zero-order valence-corrected chi connectivity index (χ0v) is 21.9. The molecule has 0 radical (unpaired) electrons. The van der Waals surface area contributed by atoms with Crippen LogP contribution in [0.15, 0.2) is 85.1 Å². The Balaban J connectivity index is 1.33. The molecule has 1 saturated carbocycles. The van der Waals surface area contributed by atoms with E-state index in [-0.39, 0.29) is 24.2 Å². The summed E-state index contributed by atoms with van der Waals surface area (Å²) in [6, 6.07) is 25.3. The molecule has 5 nitrogen and oxygen atoms in total. The lowest BCUT2D eigenvalue weighted by atomic mass is 9.71. The molecule has 0 saturated heterocycles. The molecule has 1 heterocycles. The molecule has 1 atom stereocenters. The van der Waals surface area contributed by atoms with E-state index in [4.69, 9.17) is 16.7 Å². The van der Waals surface area contributed by atoms with Crippen LogP contribution in [-0.4, -0.2) is 22.0 Å². The normalized spacial score (nSPS) is 18.1. The molecule has 1 amide bonds. The van der Waals surface area contributed by atoms with E-state index in [0.717, 1.165) is 48.0 Å². The topological polar surface area (TPSA) is 79.3 Å². The Morgan fingerprint density at radius 3 is 2.29 bits per heavy atom. The molecule has 1 aromatic heterocycles. The van der Waals surface area contributed by atoms with Crippen LogP contribution in [0.1, 0.15) is 48.3 Å². The molecule has 3 aromatic carbocycles. The Morgan fingerprint density at radius 2 is 1.58 bits per heavy atom. The molecule has 0 aliphatic heterocycles. The van der Waals surface area contributed by atoms with E-state index in [9.17, 15) is 9.59 Å². The van der Waals surface area contributed by atoms with Crippen molar-refractivity contribution in [2.45, 2.75) is 44.4 Å². The Bertz CT molecular complexity index is 1410. The number of anilines is 1. The maximum absolute atomic E-state index is 13.6. The third-order valence-electron chi connectivity index (χ3n) is 7.75. The summed E-state index contributed by atoms with van der Waals surface area (Å²) in [5, 5.41) is 14.0. The smallest absolute Gasteiger partial charge is 0.307 e. The van der Waals surface area contributed by atoms with Gasteiger partial charge in [0.05, 0.1) is 11.9 Å². The minimum absolute atomic E-state index is 0.00549. The Labute approximate surface area is 227 Å². The van der Waals surface area contributed by atoms with Crippen molar-refractivity contribution in [3.05, 3.63) is 107 Å². The number of para-hydroxylation sites is 1. The van der Waals surface area contributed by atoms with E-state index in [0.29, 0.717) is 17.4 Å². The van der Waals surface area contributed by atoms with Crippen molar-refractivity contribution in [2.75, 3.05) is 5.32 Å². The number of hydrogen-bond acceptors (Lipinski definition) is 3. The van der Waals surface area contributed by atoms with Gasteiger partial charge >= 0.3 is 5.97 Å². The van der Waals surface area contributed by atoms with Crippen molar-refractivity contribution in [1.29, 1.82) is 0 Å². The van der Waals surface area contributed by atoms with Gasteiger partial charge in [-0.1, -0.05) is 54.1 Å². The number of halogens is 1. The van der Waals surface area contributed by atoms with Crippen LogP contribution in [0.4, 0.5) is 5.69 Å². The van der Waals surface area contributed by atoms with Crippen molar-refractivity contribution in [1.82, 2.24) is 4.98 Å². The van der Waals surface area contributed by atoms with E-state index in [2.05, 4.69) is 34.6 Å². The van der Waals surface area contributed by atoms with Crippen LogP contribution in [0.2, 0.25) is 5.02 Å². The van der Waals surface area contributed by atoms with E-state index >= 15 is 0 Å². The average molecular weight is 527 g/mol. The molecule has 1 aliphatic rings. The number of carbonyl (C=O) groups excluding carboxylic acids is 1. The Kier molecular flexibility index (Phi) is 8.04. The predicted octanol–water partition coefficient (Wildman–Crippen LogP) is 7.29. The first-order valence-electron chi connectivity index (χ1n) is 13.2. The van der Waals surface area contributed by atoms with Gasteiger partial charge in [0.1, 0.15) is 0 Å². The SMILES string of the molecule is O=C(O)Cc1ccc(C[C@@H](C(=O)Nc2ccc(Cl)cc2)C2CCC(c3ccnc4ccccc34)CC2)cc1. The number of benzene rings is 3. The number of hydrogen-bond donors (Lipinski definition) is 2. The predicted molar refractivity (Wildman–Crippen MR) is 151 cm³/mol. The van der Waals surface area contributed by atoms with Crippen LogP contribution >= 0.6 is 11.6 Å². The quantitative estimate of drug-likeness (QED) is 0.253. The Morgan fingerprint density at radius 1 is 0.895 bits per heavy atom. The van der Waals surface area contributed by atoms with Crippen molar-refractivity contribution in [2.24, 2.45) is 11.8 Å². The maximum Gasteiger partial charge on any atom is 0.307 e. The van der Waals surface area contributed by atoms with Crippen LogP contribution in [0, 0.1) is 11.8 Å². The van der Waals surface area contributed by atoms with Gasteiger partial charge in [0.2, 0.25) is 5.91 Å². The number of carboxylic acids is 1. The van der Waals surface area contributed by atoms with Crippen LogP contribution in [0.5, 0.6) is 0 Å². The van der Waals surface area contributed by atoms with Crippen molar-refractivity contribution < 1.29 is 14.7 Å². The molecule has 38 heavy (non-hydrogen) atoms. The molecular weight excluding hydrogens is 496 g/mol. The first kappa shape index (κ1) is 25.9. The molecule has 1 fully saturated rings. The van der Waals surface area contributed by atoms with Gasteiger partial charge in [-0.05, 0) is 97.0 Å². The highest BCUT2D eigenvalue weighted by atomic mass is 35.5. The van der Waals surface area contributed by atoms with Gasteiger partial charge in [-0.25, -0.2) is 0 Å². The minimum atomic E-state index is -0.850. The molecular formula is C32H31ClN2O3. The van der Waals surface area contributed by atoms with E-state index in [1.54, 1.807) is 12.1 Å². The van der Waals surface area contributed by atoms with Gasteiger partial charge in [0, 0.05) is 28.2 Å². The lowest BCUT2D eigenvalue weighted by Gasteiger charge is -2.34. The average Bonchev–Trinajstić information content (AvgIpc) is 2.93. The van der Waals surface area contributed by atoms with E-state index in [1.807, 2.05) is 48.7 Å². The fraction of sp³-hybridized carbons (Fsp3) is 0.281. The van der Waals surface area contributed by atoms with Crippen molar-refractivity contribution in [3.63, 3.8) is 0 Å². The van der Waals surface area contributed by atoms with Gasteiger partial charge in [-0.2, -0.15) is 0 Å². The van der Waals surface area contributed by atoms with E-state index in [1.165, 1.54) is 10.9 Å². The molecule has 0 bridgehead atoms. The summed E-state index contributed by atoms with van der Waals surface area (Å²) in [4.78, 5) is 29.2. The van der Waals surface area contributed by atoms with Crippen LogP contribution < -0.4 is 5.32 Å². The maximum atomic E-state index is 13.6. The largest absolute Gasteiger partial charge is 0.481 e. The first-order chi connectivity index (χ1) is 18.5. The number of carbonyl (C=O) groups is 2. The molecule has 5 rings (SSSR count). The number of nitrogens with one attached hydrogen (secondary N) is 1. The molecule has 194 valence electrons. The number of amides is 1. The highest BCUT2D eigenvalue weighted by Gasteiger charge is 2.33. The molecule has 0 spiro atoms. The number of rotatable bonds is 8.